The molecule has 0 amide bonds. The van der Waals surface area contributed by atoms with Crippen molar-refractivity contribution in [1.82, 2.24) is 9.97 Å². The fourth-order valence-corrected chi connectivity index (χ4v) is 2.22. The summed E-state index contributed by atoms with van der Waals surface area (Å²) in [6, 6.07) is 0. The molecule has 0 atom stereocenters. The van der Waals surface area contributed by atoms with E-state index >= 15 is 0 Å². The SMILES string of the molecule is CCOC(=O)C(=CNc1cnc(SCC)c(OC)n1)C(=O)OCC. The Balaban J connectivity index is 2.99. The Morgan fingerprint density at radius 1 is 1.21 bits per heavy atom. The molecule has 0 fully saturated rings. The second-order valence-corrected chi connectivity index (χ2v) is 5.40. The number of hydrogen-bond donors (Lipinski definition) is 1. The molecule has 0 saturated carbocycles. The van der Waals surface area contributed by atoms with E-state index in [1.807, 2.05) is 6.92 Å². The molecule has 0 spiro atoms. The summed E-state index contributed by atoms with van der Waals surface area (Å²) >= 11 is 1.49. The maximum Gasteiger partial charge on any atom is 0.347 e. The van der Waals surface area contributed by atoms with Crippen LogP contribution in [-0.2, 0) is 19.1 Å². The van der Waals surface area contributed by atoms with Gasteiger partial charge in [0.2, 0.25) is 5.88 Å². The number of ether oxygens (including phenoxy) is 3. The molecule has 0 aromatic carbocycles. The number of rotatable bonds is 9. The molecule has 0 aliphatic heterocycles. The molecule has 0 bridgehead atoms. The van der Waals surface area contributed by atoms with Crippen molar-refractivity contribution in [2.24, 2.45) is 0 Å². The highest BCUT2D eigenvalue weighted by Crippen LogP contribution is 2.25. The Bertz CT molecular complexity index is 587. The van der Waals surface area contributed by atoms with Gasteiger partial charge in [0, 0.05) is 6.20 Å². The second-order valence-electron chi connectivity index (χ2n) is 4.15. The van der Waals surface area contributed by atoms with E-state index in [0.717, 1.165) is 5.75 Å². The normalized spacial score (nSPS) is 9.83. The van der Waals surface area contributed by atoms with Gasteiger partial charge >= 0.3 is 11.9 Å². The Labute approximate surface area is 145 Å². The molecule has 0 aliphatic carbocycles. The fourth-order valence-electron chi connectivity index (χ4n) is 1.56. The van der Waals surface area contributed by atoms with Crippen LogP contribution >= 0.6 is 11.8 Å². The molecule has 0 unspecified atom stereocenters. The molecule has 8 nitrogen and oxygen atoms in total. The summed E-state index contributed by atoms with van der Waals surface area (Å²) in [6.45, 7) is 5.58. The van der Waals surface area contributed by atoms with E-state index in [9.17, 15) is 9.59 Å². The summed E-state index contributed by atoms with van der Waals surface area (Å²) in [6.07, 6.45) is 2.66. The second kappa shape index (κ2) is 10.5. The van der Waals surface area contributed by atoms with Crippen molar-refractivity contribution in [3.05, 3.63) is 18.0 Å². The smallest absolute Gasteiger partial charge is 0.347 e. The first-order valence-corrected chi connectivity index (χ1v) is 8.40. The van der Waals surface area contributed by atoms with Crippen LogP contribution in [0.15, 0.2) is 23.0 Å². The lowest BCUT2D eigenvalue weighted by Crippen LogP contribution is -2.19. The monoisotopic (exact) mass is 355 g/mol. The van der Waals surface area contributed by atoms with Gasteiger partial charge in [-0.05, 0) is 19.6 Å². The summed E-state index contributed by atoms with van der Waals surface area (Å²) in [5.41, 5.74) is -0.258. The van der Waals surface area contributed by atoms with E-state index in [1.54, 1.807) is 13.8 Å². The van der Waals surface area contributed by atoms with Gasteiger partial charge < -0.3 is 19.5 Å². The van der Waals surface area contributed by atoms with Gasteiger partial charge in [0.1, 0.15) is 0 Å². The van der Waals surface area contributed by atoms with E-state index in [2.05, 4.69) is 15.3 Å². The van der Waals surface area contributed by atoms with Crippen molar-refractivity contribution in [3.63, 3.8) is 0 Å². The number of hydrogen-bond acceptors (Lipinski definition) is 9. The predicted molar refractivity (Wildman–Crippen MR) is 90.0 cm³/mol. The lowest BCUT2D eigenvalue weighted by atomic mass is 10.3. The standard InChI is InChI=1S/C15H21N3O5S/c1-5-22-14(19)10(15(20)23-6-2)8-16-11-9-17-13(24-7-3)12(18-11)21-4/h8-9H,5-7H2,1-4H3,(H,16,18). The first-order valence-electron chi connectivity index (χ1n) is 7.42. The van der Waals surface area contributed by atoms with Crippen LogP contribution in [0.25, 0.3) is 0 Å². The van der Waals surface area contributed by atoms with E-state index in [-0.39, 0.29) is 18.8 Å². The van der Waals surface area contributed by atoms with Crippen molar-refractivity contribution < 1.29 is 23.8 Å². The Morgan fingerprint density at radius 3 is 2.33 bits per heavy atom. The number of nitrogens with one attached hydrogen (secondary N) is 1. The molecule has 1 aromatic heterocycles. The molecule has 0 aliphatic rings. The highest BCUT2D eigenvalue weighted by atomic mass is 32.2. The third-order valence-electron chi connectivity index (χ3n) is 2.54. The largest absolute Gasteiger partial charge is 0.479 e. The van der Waals surface area contributed by atoms with Crippen molar-refractivity contribution in [3.8, 4) is 5.88 Å². The molecule has 1 rings (SSSR count). The molecule has 9 heteroatoms. The summed E-state index contributed by atoms with van der Waals surface area (Å²) in [4.78, 5) is 32.2. The van der Waals surface area contributed by atoms with E-state index in [1.165, 1.54) is 31.3 Å². The number of esters is 2. The maximum absolute atomic E-state index is 11.8. The lowest BCUT2D eigenvalue weighted by molar-refractivity contribution is -0.146. The number of aromatic nitrogens is 2. The van der Waals surface area contributed by atoms with Gasteiger partial charge in [-0.15, -0.1) is 11.8 Å². The Hall–Kier alpha value is -2.29. The molecular formula is C15H21N3O5S. The molecule has 132 valence electrons. The third-order valence-corrected chi connectivity index (χ3v) is 3.38. The lowest BCUT2D eigenvalue weighted by Gasteiger charge is -2.09. The quantitative estimate of drug-likeness (QED) is 0.234. The van der Waals surface area contributed by atoms with Crippen LogP contribution in [0.3, 0.4) is 0 Å². The Kier molecular flexibility index (Phi) is 8.63. The highest BCUT2D eigenvalue weighted by molar-refractivity contribution is 7.99. The zero-order valence-electron chi connectivity index (χ0n) is 14.1. The van der Waals surface area contributed by atoms with Gasteiger partial charge in [0.15, 0.2) is 16.4 Å². The zero-order chi connectivity index (χ0) is 17.9. The summed E-state index contributed by atoms with van der Waals surface area (Å²) in [5.74, 6) is -0.0522. The number of nitrogens with zero attached hydrogens (tertiary/aromatic N) is 2. The molecule has 1 aromatic rings. The molecule has 24 heavy (non-hydrogen) atoms. The Morgan fingerprint density at radius 2 is 1.83 bits per heavy atom. The van der Waals surface area contributed by atoms with Crippen LogP contribution in [0.5, 0.6) is 5.88 Å². The van der Waals surface area contributed by atoms with E-state index in [4.69, 9.17) is 14.2 Å². The van der Waals surface area contributed by atoms with Crippen molar-refractivity contribution in [1.29, 1.82) is 0 Å². The van der Waals surface area contributed by atoms with Gasteiger partial charge in [-0.3, -0.25) is 0 Å². The molecule has 1 heterocycles. The first-order chi connectivity index (χ1) is 11.6. The summed E-state index contributed by atoms with van der Waals surface area (Å²) in [7, 11) is 1.49. The van der Waals surface area contributed by atoms with Crippen LogP contribution in [0.1, 0.15) is 20.8 Å². The topological polar surface area (TPSA) is 99.6 Å². The maximum atomic E-state index is 11.8. The highest BCUT2D eigenvalue weighted by Gasteiger charge is 2.21. The predicted octanol–water partition coefficient (Wildman–Crippen LogP) is 2.02. The zero-order valence-corrected chi connectivity index (χ0v) is 14.9. The number of carbonyl (C=O) groups excluding carboxylic acids is 2. The van der Waals surface area contributed by atoms with Crippen molar-refractivity contribution in [2.75, 3.05) is 31.4 Å². The van der Waals surface area contributed by atoms with Crippen LogP contribution in [0.2, 0.25) is 0 Å². The third kappa shape index (κ3) is 5.73. The molecule has 0 saturated heterocycles. The van der Waals surface area contributed by atoms with Crippen molar-refractivity contribution >= 4 is 29.5 Å². The first kappa shape index (κ1) is 19.8. The van der Waals surface area contributed by atoms with Gasteiger partial charge in [-0.1, -0.05) is 6.92 Å². The molecule has 1 N–H and O–H groups in total. The van der Waals surface area contributed by atoms with Gasteiger partial charge in [0.05, 0.1) is 26.5 Å². The van der Waals surface area contributed by atoms with Gasteiger partial charge in [0.25, 0.3) is 0 Å². The summed E-state index contributed by atoms with van der Waals surface area (Å²) < 4.78 is 14.9. The average molecular weight is 355 g/mol. The molecule has 0 radical (unpaired) electrons. The number of methoxy groups -OCH3 is 1. The van der Waals surface area contributed by atoms with Crippen LogP contribution in [0.4, 0.5) is 5.82 Å². The average Bonchev–Trinajstić information content (AvgIpc) is 2.57. The number of thioether (sulfide) groups is 1. The number of carbonyl (C=O) groups is 2. The van der Waals surface area contributed by atoms with E-state index < -0.39 is 11.9 Å². The summed E-state index contributed by atoms with van der Waals surface area (Å²) in [5, 5.41) is 3.40. The van der Waals surface area contributed by atoms with E-state index in [0.29, 0.717) is 16.7 Å². The molecular weight excluding hydrogens is 334 g/mol. The minimum Gasteiger partial charge on any atom is -0.479 e. The fraction of sp³-hybridized carbons (Fsp3) is 0.467. The minimum atomic E-state index is -0.776. The van der Waals surface area contributed by atoms with Crippen LogP contribution in [-0.4, -0.2) is 48.0 Å². The van der Waals surface area contributed by atoms with Crippen LogP contribution < -0.4 is 10.1 Å². The number of anilines is 1. The van der Waals surface area contributed by atoms with Crippen LogP contribution in [0, 0.1) is 0 Å². The van der Waals surface area contributed by atoms with Gasteiger partial charge in [-0.2, -0.15) is 4.98 Å². The van der Waals surface area contributed by atoms with Gasteiger partial charge in [-0.25, -0.2) is 14.6 Å². The minimum absolute atomic E-state index is 0.145. The van der Waals surface area contributed by atoms with Crippen molar-refractivity contribution in [2.45, 2.75) is 25.8 Å².